The molecule has 0 spiro atoms. The number of aromatic nitrogens is 1. The molecule has 5 unspecified atom stereocenters. The smallest absolute Gasteiger partial charge is 0.0798 e. The molecular formula is C30H38N2O2. The Bertz CT molecular complexity index is 1160. The third-order valence-corrected chi connectivity index (χ3v) is 8.59. The molecule has 6 rings (SSSR count). The SMILES string of the molecule is CC12CC(O)C3=C(CCC4CCC(O)CC4=C3)C1CC=C2c1cccc2ncccc12.CNC. The number of allylic oxidation sites excluding steroid dienone is 3. The van der Waals surface area contributed by atoms with Crippen molar-refractivity contribution in [3.8, 4) is 0 Å². The Balaban J connectivity index is 0.000000764. The van der Waals surface area contributed by atoms with Crippen LogP contribution in [0.4, 0.5) is 0 Å². The summed E-state index contributed by atoms with van der Waals surface area (Å²) in [6.07, 6.45) is 12.8. The molecule has 1 heterocycles. The van der Waals surface area contributed by atoms with Crippen molar-refractivity contribution >= 4 is 16.5 Å². The molecule has 0 amide bonds. The minimum Gasteiger partial charge on any atom is -0.393 e. The first-order valence-electron chi connectivity index (χ1n) is 12.9. The molecule has 4 aliphatic rings. The zero-order valence-corrected chi connectivity index (χ0v) is 20.7. The van der Waals surface area contributed by atoms with Gasteiger partial charge in [0.15, 0.2) is 0 Å². The first kappa shape index (κ1) is 23.5. The third kappa shape index (κ3) is 3.96. The predicted octanol–water partition coefficient (Wildman–Crippen LogP) is 5.42. The molecule has 4 heteroatoms. The van der Waals surface area contributed by atoms with Crippen molar-refractivity contribution in [3.63, 3.8) is 0 Å². The van der Waals surface area contributed by atoms with Gasteiger partial charge in [0.05, 0.1) is 17.7 Å². The summed E-state index contributed by atoms with van der Waals surface area (Å²) in [4.78, 5) is 4.57. The fourth-order valence-electron chi connectivity index (χ4n) is 7.04. The van der Waals surface area contributed by atoms with Crippen LogP contribution >= 0.6 is 0 Å². The van der Waals surface area contributed by atoms with Crippen LogP contribution in [0, 0.1) is 17.3 Å². The van der Waals surface area contributed by atoms with E-state index < -0.39 is 6.10 Å². The van der Waals surface area contributed by atoms with E-state index in [9.17, 15) is 10.2 Å². The summed E-state index contributed by atoms with van der Waals surface area (Å²) in [6, 6.07) is 10.6. The van der Waals surface area contributed by atoms with Crippen LogP contribution in [-0.2, 0) is 0 Å². The van der Waals surface area contributed by atoms with Gasteiger partial charge in [0, 0.05) is 17.0 Å². The quantitative estimate of drug-likeness (QED) is 0.534. The Morgan fingerprint density at radius 3 is 2.71 bits per heavy atom. The Morgan fingerprint density at radius 1 is 1.06 bits per heavy atom. The van der Waals surface area contributed by atoms with Crippen molar-refractivity contribution in [1.82, 2.24) is 10.3 Å². The lowest BCUT2D eigenvalue weighted by atomic mass is 9.61. The molecule has 0 saturated heterocycles. The van der Waals surface area contributed by atoms with E-state index in [1.54, 1.807) is 0 Å². The fourth-order valence-corrected chi connectivity index (χ4v) is 7.04. The second kappa shape index (κ2) is 9.41. The number of fused-ring (bicyclic) bond motifs is 4. The van der Waals surface area contributed by atoms with E-state index in [2.05, 4.69) is 53.6 Å². The monoisotopic (exact) mass is 458 g/mol. The molecule has 0 aliphatic heterocycles. The second-order valence-corrected chi connectivity index (χ2v) is 10.8. The van der Waals surface area contributed by atoms with E-state index in [4.69, 9.17) is 0 Å². The van der Waals surface area contributed by atoms with Gasteiger partial charge >= 0.3 is 0 Å². The Morgan fingerprint density at radius 2 is 1.88 bits per heavy atom. The number of aliphatic hydroxyl groups is 2. The molecule has 4 nitrogen and oxygen atoms in total. The van der Waals surface area contributed by atoms with Crippen molar-refractivity contribution in [1.29, 1.82) is 0 Å². The molecule has 1 aromatic carbocycles. The summed E-state index contributed by atoms with van der Waals surface area (Å²) >= 11 is 0. The topological polar surface area (TPSA) is 65.4 Å². The fraction of sp³-hybridized carbons (Fsp3) is 0.500. The number of pyridine rings is 1. The highest BCUT2D eigenvalue weighted by molar-refractivity contribution is 5.93. The molecule has 5 atom stereocenters. The van der Waals surface area contributed by atoms with Crippen LogP contribution < -0.4 is 5.32 Å². The van der Waals surface area contributed by atoms with Gasteiger partial charge in [0.25, 0.3) is 0 Å². The lowest BCUT2D eigenvalue weighted by Gasteiger charge is -2.44. The predicted molar refractivity (Wildman–Crippen MR) is 139 cm³/mol. The average Bonchev–Trinajstić information content (AvgIpc) is 3.04. The number of aliphatic hydroxyl groups excluding tert-OH is 2. The number of hydrogen-bond acceptors (Lipinski definition) is 4. The van der Waals surface area contributed by atoms with Gasteiger partial charge in [-0.3, -0.25) is 4.98 Å². The lowest BCUT2D eigenvalue weighted by molar-refractivity contribution is 0.124. The molecule has 1 aromatic heterocycles. The van der Waals surface area contributed by atoms with Crippen molar-refractivity contribution in [2.75, 3.05) is 14.1 Å². The van der Waals surface area contributed by atoms with Crippen LogP contribution in [0.2, 0.25) is 0 Å². The summed E-state index contributed by atoms with van der Waals surface area (Å²) in [5.41, 5.74) is 7.65. The van der Waals surface area contributed by atoms with E-state index in [0.29, 0.717) is 11.8 Å². The Labute approximate surface area is 203 Å². The highest BCUT2D eigenvalue weighted by Gasteiger charge is 2.49. The molecule has 1 fully saturated rings. The van der Waals surface area contributed by atoms with Crippen molar-refractivity contribution < 1.29 is 10.2 Å². The van der Waals surface area contributed by atoms with Gasteiger partial charge in [-0.25, -0.2) is 0 Å². The van der Waals surface area contributed by atoms with E-state index in [1.807, 2.05) is 26.4 Å². The molecule has 1 saturated carbocycles. The van der Waals surface area contributed by atoms with Crippen molar-refractivity contribution in [2.24, 2.45) is 17.3 Å². The van der Waals surface area contributed by atoms with E-state index in [-0.39, 0.29) is 11.5 Å². The number of rotatable bonds is 1. The Hall–Kier alpha value is -2.27. The van der Waals surface area contributed by atoms with Crippen LogP contribution in [0.1, 0.15) is 57.4 Å². The summed E-state index contributed by atoms with van der Waals surface area (Å²) in [5.74, 6) is 1.03. The van der Waals surface area contributed by atoms with Crippen molar-refractivity contribution in [3.05, 3.63) is 71.0 Å². The van der Waals surface area contributed by atoms with Crippen LogP contribution in [0.3, 0.4) is 0 Å². The van der Waals surface area contributed by atoms with Gasteiger partial charge in [0.2, 0.25) is 0 Å². The highest BCUT2D eigenvalue weighted by atomic mass is 16.3. The molecule has 180 valence electrons. The minimum atomic E-state index is -0.434. The third-order valence-electron chi connectivity index (χ3n) is 8.59. The maximum atomic E-state index is 11.4. The van der Waals surface area contributed by atoms with Crippen LogP contribution in [0.25, 0.3) is 16.5 Å². The van der Waals surface area contributed by atoms with Gasteiger partial charge in [-0.1, -0.05) is 48.4 Å². The molecule has 4 aliphatic carbocycles. The van der Waals surface area contributed by atoms with Crippen LogP contribution in [0.15, 0.2) is 65.4 Å². The minimum absolute atomic E-state index is 0.0596. The van der Waals surface area contributed by atoms with E-state index in [1.165, 1.54) is 33.2 Å². The normalized spacial score (nSPS) is 32.5. The molecule has 0 radical (unpaired) electrons. The van der Waals surface area contributed by atoms with Gasteiger partial charge < -0.3 is 15.5 Å². The molecule has 2 aromatic rings. The summed E-state index contributed by atoms with van der Waals surface area (Å²) in [6.45, 7) is 2.37. The molecule has 3 N–H and O–H groups in total. The van der Waals surface area contributed by atoms with Gasteiger partial charge in [-0.2, -0.15) is 0 Å². The van der Waals surface area contributed by atoms with Crippen LogP contribution in [0.5, 0.6) is 0 Å². The lowest BCUT2D eigenvalue weighted by Crippen LogP contribution is -2.37. The van der Waals surface area contributed by atoms with Crippen LogP contribution in [-0.4, -0.2) is 41.5 Å². The first-order valence-corrected chi connectivity index (χ1v) is 12.9. The first-order chi connectivity index (χ1) is 16.5. The maximum absolute atomic E-state index is 11.4. The standard InChI is InChI=1S/C28H31NO2.C2H7N/c1-28-16-27(31)23-15-18-14-19(30)9-7-17(18)8-10-21(23)25(28)12-11-24(28)20-4-2-6-26-22(20)5-3-13-29-26;1-3-2/h2-6,11,13,15,17,19,25,27,30-31H,7-10,12,14,16H2,1H3;3H,1-2H3. The number of nitrogens with one attached hydrogen (secondary N) is 1. The molecule has 34 heavy (non-hydrogen) atoms. The average molecular weight is 459 g/mol. The second-order valence-electron chi connectivity index (χ2n) is 10.8. The maximum Gasteiger partial charge on any atom is 0.0798 e. The van der Waals surface area contributed by atoms with Gasteiger partial charge in [-0.05, 0) is 99.7 Å². The number of hydrogen-bond donors (Lipinski definition) is 3. The molecule has 0 bridgehead atoms. The Kier molecular flexibility index (Phi) is 6.49. The zero-order valence-electron chi connectivity index (χ0n) is 20.7. The number of nitrogens with zero attached hydrogens (tertiary/aromatic N) is 1. The van der Waals surface area contributed by atoms with E-state index in [0.717, 1.165) is 50.5 Å². The molecular weight excluding hydrogens is 420 g/mol. The van der Waals surface area contributed by atoms with Gasteiger partial charge in [-0.15, -0.1) is 0 Å². The summed E-state index contributed by atoms with van der Waals surface area (Å²) < 4.78 is 0. The van der Waals surface area contributed by atoms with Crippen molar-refractivity contribution in [2.45, 2.75) is 64.1 Å². The largest absolute Gasteiger partial charge is 0.393 e. The zero-order chi connectivity index (χ0) is 23.9. The summed E-state index contributed by atoms with van der Waals surface area (Å²) in [5, 5.41) is 25.5. The van der Waals surface area contributed by atoms with E-state index >= 15 is 0 Å². The highest BCUT2D eigenvalue weighted by Crippen LogP contribution is 2.60. The summed E-state index contributed by atoms with van der Waals surface area (Å²) in [7, 11) is 3.75. The van der Waals surface area contributed by atoms with Gasteiger partial charge in [0.1, 0.15) is 0 Å². The number of benzene rings is 1.